The van der Waals surface area contributed by atoms with Crippen molar-refractivity contribution in [1.29, 1.82) is 0 Å². The van der Waals surface area contributed by atoms with Crippen molar-refractivity contribution in [2.24, 2.45) is 0 Å². The van der Waals surface area contributed by atoms with E-state index < -0.39 is 5.91 Å². The molecule has 0 spiro atoms. The average Bonchev–Trinajstić information content (AvgIpc) is 2.40. The minimum absolute atomic E-state index is 0.115. The van der Waals surface area contributed by atoms with Gasteiger partial charge in [0.1, 0.15) is 5.75 Å². The molecule has 7 nitrogen and oxygen atoms in total. The van der Waals surface area contributed by atoms with E-state index in [-0.39, 0.29) is 11.6 Å². The quantitative estimate of drug-likeness (QED) is 0.772. The summed E-state index contributed by atoms with van der Waals surface area (Å²) in [6.07, 6.45) is 2.84. The van der Waals surface area contributed by atoms with Gasteiger partial charge in [-0.25, -0.2) is 4.98 Å². The van der Waals surface area contributed by atoms with Gasteiger partial charge in [0, 0.05) is 0 Å². The number of carbonyl (C=O) groups is 1. The van der Waals surface area contributed by atoms with Gasteiger partial charge in [0.05, 0.1) is 30.8 Å². The van der Waals surface area contributed by atoms with Gasteiger partial charge in [-0.15, -0.1) is 5.10 Å². The average molecular weight is 245 g/mol. The van der Waals surface area contributed by atoms with Gasteiger partial charge in [-0.1, -0.05) is 6.07 Å². The monoisotopic (exact) mass is 245 g/mol. The zero-order valence-electron chi connectivity index (χ0n) is 9.62. The van der Waals surface area contributed by atoms with Crippen LogP contribution in [0.5, 0.6) is 5.75 Å². The second kappa shape index (κ2) is 5.09. The van der Waals surface area contributed by atoms with Crippen molar-refractivity contribution in [3.8, 4) is 5.75 Å². The molecule has 7 heteroatoms. The van der Waals surface area contributed by atoms with E-state index >= 15 is 0 Å². The van der Waals surface area contributed by atoms with E-state index in [1.54, 1.807) is 18.2 Å². The molecular weight excluding hydrogens is 234 g/mol. The van der Waals surface area contributed by atoms with E-state index in [1.165, 1.54) is 19.5 Å². The zero-order chi connectivity index (χ0) is 13.0. The van der Waals surface area contributed by atoms with Crippen molar-refractivity contribution < 1.29 is 9.53 Å². The molecule has 0 unspecified atom stereocenters. The highest BCUT2D eigenvalue weighted by atomic mass is 16.5. The lowest BCUT2D eigenvalue weighted by molar-refractivity contribution is 0.102. The van der Waals surface area contributed by atoms with Gasteiger partial charge in [0.2, 0.25) is 5.95 Å². The number of ether oxygens (including phenoxy) is 1. The molecule has 0 atom stereocenters. The summed E-state index contributed by atoms with van der Waals surface area (Å²) < 4.78 is 5.04. The Kier molecular flexibility index (Phi) is 3.33. The molecular formula is C11H11N5O2. The van der Waals surface area contributed by atoms with Crippen LogP contribution < -0.4 is 15.8 Å². The predicted octanol–water partition coefficient (Wildman–Crippen LogP) is 0.715. The van der Waals surface area contributed by atoms with Crippen molar-refractivity contribution in [1.82, 2.24) is 15.2 Å². The van der Waals surface area contributed by atoms with Gasteiger partial charge in [-0.2, -0.15) is 5.10 Å². The molecule has 0 aliphatic carbocycles. The minimum atomic E-state index is -0.417. The highest BCUT2D eigenvalue weighted by Crippen LogP contribution is 2.24. The smallest absolute Gasteiger partial charge is 0.260 e. The molecule has 1 heterocycles. The molecule has 18 heavy (non-hydrogen) atoms. The third-order valence-electron chi connectivity index (χ3n) is 2.24. The topological polar surface area (TPSA) is 103 Å². The molecule has 0 radical (unpaired) electrons. The van der Waals surface area contributed by atoms with Crippen LogP contribution in [0.15, 0.2) is 30.6 Å². The maximum Gasteiger partial charge on any atom is 0.260 e. The molecule has 0 bridgehead atoms. The third-order valence-corrected chi connectivity index (χ3v) is 2.24. The number of rotatable bonds is 3. The van der Waals surface area contributed by atoms with Gasteiger partial charge in [-0.3, -0.25) is 10.1 Å². The van der Waals surface area contributed by atoms with Crippen molar-refractivity contribution >= 4 is 17.5 Å². The number of nitrogens with two attached hydrogens (primary N) is 1. The number of para-hydroxylation sites is 1. The molecule has 0 saturated heterocycles. The number of nitrogens with one attached hydrogen (secondary N) is 1. The molecule has 92 valence electrons. The summed E-state index contributed by atoms with van der Waals surface area (Å²) in [4.78, 5) is 15.8. The maximum atomic E-state index is 11.9. The van der Waals surface area contributed by atoms with Crippen LogP contribution in [0.3, 0.4) is 0 Å². The van der Waals surface area contributed by atoms with Crippen LogP contribution in [0.4, 0.5) is 11.6 Å². The highest BCUT2D eigenvalue weighted by molar-refractivity contribution is 6.07. The molecule has 1 aromatic carbocycles. The Balaban J connectivity index is 2.24. The van der Waals surface area contributed by atoms with E-state index in [0.29, 0.717) is 11.3 Å². The Hall–Kier alpha value is -2.70. The van der Waals surface area contributed by atoms with Crippen LogP contribution in [-0.4, -0.2) is 28.2 Å². The summed E-state index contributed by atoms with van der Waals surface area (Å²) >= 11 is 0. The molecule has 0 aliphatic rings. The lowest BCUT2D eigenvalue weighted by Crippen LogP contribution is -2.16. The summed E-state index contributed by atoms with van der Waals surface area (Å²) in [5.74, 6) is 0.138. The molecule has 1 amide bonds. The Labute approximate surface area is 103 Å². The van der Waals surface area contributed by atoms with Crippen molar-refractivity contribution in [2.45, 2.75) is 0 Å². The van der Waals surface area contributed by atoms with Crippen LogP contribution >= 0.6 is 0 Å². The zero-order valence-corrected chi connectivity index (χ0v) is 9.62. The van der Waals surface area contributed by atoms with E-state index in [4.69, 9.17) is 10.5 Å². The second-order valence-electron chi connectivity index (χ2n) is 3.34. The van der Waals surface area contributed by atoms with E-state index in [0.717, 1.165) is 0 Å². The van der Waals surface area contributed by atoms with Crippen LogP contribution in [0, 0.1) is 0 Å². The van der Waals surface area contributed by atoms with Crippen molar-refractivity contribution in [3.05, 3.63) is 36.2 Å². The van der Waals surface area contributed by atoms with Gasteiger partial charge in [0.15, 0.2) is 0 Å². The summed E-state index contributed by atoms with van der Waals surface area (Å²) in [6, 6.07) is 4.93. The number of nitrogen functional groups attached to an aromatic ring is 1. The number of hydrogen-bond acceptors (Lipinski definition) is 6. The molecule has 0 fully saturated rings. The number of amides is 1. The lowest BCUT2D eigenvalue weighted by atomic mass is 10.1. The highest BCUT2D eigenvalue weighted by Gasteiger charge is 2.13. The number of methoxy groups -OCH3 is 1. The SMILES string of the molecule is COc1cccc(C(=O)Nc2nccnn2)c1N. The fraction of sp³-hybridized carbons (Fsp3) is 0.0909. The van der Waals surface area contributed by atoms with Gasteiger partial charge >= 0.3 is 0 Å². The fourth-order valence-corrected chi connectivity index (χ4v) is 1.39. The van der Waals surface area contributed by atoms with E-state index in [9.17, 15) is 4.79 Å². The molecule has 3 N–H and O–H groups in total. The number of aromatic nitrogens is 3. The molecule has 0 aliphatic heterocycles. The molecule has 1 aromatic heterocycles. The molecule has 2 rings (SSSR count). The maximum absolute atomic E-state index is 11.9. The van der Waals surface area contributed by atoms with Crippen LogP contribution in [0.2, 0.25) is 0 Å². The minimum Gasteiger partial charge on any atom is -0.495 e. The molecule has 0 saturated carbocycles. The normalized spacial score (nSPS) is 9.83. The third kappa shape index (κ3) is 2.34. The number of anilines is 2. The number of hydrogen-bond donors (Lipinski definition) is 2. The Morgan fingerprint density at radius 2 is 2.22 bits per heavy atom. The van der Waals surface area contributed by atoms with Gasteiger partial charge in [-0.05, 0) is 12.1 Å². The number of carbonyl (C=O) groups excluding carboxylic acids is 1. The predicted molar refractivity (Wildman–Crippen MR) is 65.2 cm³/mol. The first kappa shape index (κ1) is 11.8. The van der Waals surface area contributed by atoms with Crippen molar-refractivity contribution in [3.63, 3.8) is 0 Å². The van der Waals surface area contributed by atoms with Crippen LogP contribution in [-0.2, 0) is 0 Å². The van der Waals surface area contributed by atoms with Gasteiger partial charge < -0.3 is 10.5 Å². The first-order chi connectivity index (χ1) is 8.72. The Morgan fingerprint density at radius 3 is 2.89 bits per heavy atom. The summed E-state index contributed by atoms with van der Waals surface area (Å²) in [5.41, 5.74) is 6.36. The molecule has 2 aromatic rings. The number of nitrogens with zero attached hydrogens (tertiary/aromatic N) is 3. The van der Waals surface area contributed by atoms with Crippen LogP contribution in [0.25, 0.3) is 0 Å². The Morgan fingerprint density at radius 1 is 1.39 bits per heavy atom. The summed E-state index contributed by atoms with van der Waals surface area (Å²) in [7, 11) is 1.48. The first-order valence-electron chi connectivity index (χ1n) is 5.10. The largest absolute Gasteiger partial charge is 0.495 e. The van der Waals surface area contributed by atoms with Crippen LogP contribution in [0.1, 0.15) is 10.4 Å². The first-order valence-corrected chi connectivity index (χ1v) is 5.10. The summed E-state index contributed by atoms with van der Waals surface area (Å²) in [6.45, 7) is 0. The standard InChI is InChI=1S/C11H11N5O2/c1-18-8-4-2-3-7(9(8)12)10(17)15-11-13-5-6-14-16-11/h2-6H,12H2,1H3,(H,13,15,16,17). The Bertz CT molecular complexity index is 559. The number of benzene rings is 1. The fourth-order valence-electron chi connectivity index (χ4n) is 1.39. The summed E-state index contributed by atoms with van der Waals surface area (Å²) in [5, 5.41) is 9.75. The van der Waals surface area contributed by atoms with Crippen molar-refractivity contribution in [2.75, 3.05) is 18.2 Å². The van der Waals surface area contributed by atoms with E-state index in [2.05, 4.69) is 20.5 Å². The lowest BCUT2D eigenvalue weighted by Gasteiger charge is -2.09. The van der Waals surface area contributed by atoms with E-state index in [1.807, 2.05) is 0 Å². The van der Waals surface area contributed by atoms with Gasteiger partial charge in [0.25, 0.3) is 5.91 Å². The second-order valence-corrected chi connectivity index (χ2v) is 3.34.